The summed E-state index contributed by atoms with van der Waals surface area (Å²) >= 11 is 0. The third-order valence-electron chi connectivity index (χ3n) is 4.80. The number of nitrogens with one attached hydrogen (secondary N) is 2. The second-order valence-electron chi connectivity index (χ2n) is 7.59. The second-order valence-corrected chi connectivity index (χ2v) is 7.59. The van der Waals surface area contributed by atoms with Crippen molar-refractivity contribution in [2.24, 2.45) is 4.99 Å². The molecule has 1 amide bonds. The minimum atomic E-state index is -0.0232. The van der Waals surface area contributed by atoms with Crippen LogP contribution in [-0.4, -0.2) is 44.0 Å². The highest BCUT2D eigenvalue weighted by Gasteiger charge is 2.20. The molecule has 28 heavy (non-hydrogen) atoms. The van der Waals surface area contributed by atoms with Crippen LogP contribution in [0, 0.1) is 0 Å². The Balaban J connectivity index is 1.75. The minimum absolute atomic E-state index is 0.0232. The zero-order valence-electron chi connectivity index (χ0n) is 17.4. The molecular formula is C23H32N4O. The van der Waals surface area contributed by atoms with Crippen LogP contribution in [0.1, 0.15) is 31.4 Å². The van der Waals surface area contributed by atoms with E-state index in [4.69, 9.17) is 0 Å². The number of aliphatic imine (C=N–C) groups is 1. The molecular weight excluding hydrogens is 348 g/mol. The van der Waals surface area contributed by atoms with Gasteiger partial charge in [0.25, 0.3) is 0 Å². The van der Waals surface area contributed by atoms with Crippen molar-refractivity contribution in [3.8, 4) is 0 Å². The summed E-state index contributed by atoms with van der Waals surface area (Å²) in [6.45, 7) is 6.31. The van der Waals surface area contributed by atoms with E-state index in [9.17, 15) is 4.79 Å². The van der Waals surface area contributed by atoms with Gasteiger partial charge in [0.05, 0.1) is 0 Å². The van der Waals surface area contributed by atoms with E-state index in [1.165, 1.54) is 5.56 Å². The molecule has 0 radical (unpaired) electrons. The summed E-state index contributed by atoms with van der Waals surface area (Å²) in [6, 6.07) is 20.4. The lowest BCUT2D eigenvalue weighted by atomic mass is 9.85. The largest absolute Gasteiger partial charge is 0.356 e. The fourth-order valence-corrected chi connectivity index (χ4v) is 2.94. The van der Waals surface area contributed by atoms with Crippen molar-refractivity contribution in [1.29, 1.82) is 0 Å². The molecule has 2 rings (SSSR count). The Morgan fingerprint density at radius 3 is 2.21 bits per heavy atom. The molecule has 0 bridgehead atoms. The standard InChI is InChI=1S/C23H32N4O/c1-23(2,20-13-9-6-10-14-20)18-26-22(24-3)25-16-15-21(28)27(4)17-19-11-7-5-8-12-19/h5-14H,15-18H2,1-4H3,(H2,24,25,26). The lowest BCUT2D eigenvalue weighted by Gasteiger charge is -2.26. The fraction of sp³-hybridized carbons (Fsp3) is 0.391. The third-order valence-corrected chi connectivity index (χ3v) is 4.80. The van der Waals surface area contributed by atoms with Crippen molar-refractivity contribution in [2.45, 2.75) is 32.2 Å². The van der Waals surface area contributed by atoms with Crippen molar-refractivity contribution < 1.29 is 4.79 Å². The van der Waals surface area contributed by atoms with Gasteiger partial charge in [0.2, 0.25) is 5.91 Å². The zero-order chi connectivity index (χ0) is 20.4. The molecule has 0 aromatic heterocycles. The van der Waals surface area contributed by atoms with Crippen molar-refractivity contribution in [3.63, 3.8) is 0 Å². The van der Waals surface area contributed by atoms with Crippen LogP contribution in [0.4, 0.5) is 0 Å². The van der Waals surface area contributed by atoms with Crippen LogP contribution in [0.15, 0.2) is 65.7 Å². The minimum Gasteiger partial charge on any atom is -0.356 e. The van der Waals surface area contributed by atoms with E-state index in [1.54, 1.807) is 11.9 Å². The van der Waals surface area contributed by atoms with E-state index < -0.39 is 0 Å². The SMILES string of the molecule is CN=C(NCCC(=O)N(C)Cc1ccccc1)NCC(C)(C)c1ccccc1. The monoisotopic (exact) mass is 380 g/mol. The van der Waals surface area contributed by atoms with Gasteiger partial charge in [-0.3, -0.25) is 9.79 Å². The summed E-state index contributed by atoms with van der Waals surface area (Å²) in [4.78, 5) is 18.4. The highest BCUT2D eigenvalue weighted by atomic mass is 16.2. The Labute approximate surface area is 168 Å². The van der Waals surface area contributed by atoms with Crippen molar-refractivity contribution >= 4 is 11.9 Å². The van der Waals surface area contributed by atoms with Crippen LogP contribution in [0.2, 0.25) is 0 Å². The van der Waals surface area contributed by atoms with Gasteiger partial charge < -0.3 is 15.5 Å². The van der Waals surface area contributed by atoms with Gasteiger partial charge in [-0.25, -0.2) is 0 Å². The highest BCUT2D eigenvalue weighted by molar-refractivity contribution is 5.81. The van der Waals surface area contributed by atoms with E-state index >= 15 is 0 Å². The van der Waals surface area contributed by atoms with Gasteiger partial charge >= 0.3 is 0 Å². The number of carbonyl (C=O) groups is 1. The van der Waals surface area contributed by atoms with E-state index in [1.807, 2.05) is 43.4 Å². The normalized spacial score (nSPS) is 11.8. The zero-order valence-corrected chi connectivity index (χ0v) is 17.4. The Morgan fingerprint density at radius 1 is 1.00 bits per heavy atom. The molecule has 5 heteroatoms. The molecule has 0 saturated heterocycles. The number of guanidine groups is 1. The first-order chi connectivity index (χ1) is 13.4. The van der Waals surface area contributed by atoms with Gasteiger partial charge in [-0.2, -0.15) is 0 Å². The Bertz CT molecular complexity index is 757. The smallest absolute Gasteiger partial charge is 0.224 e. The number of amides is 1. The molecule has 0 spiro atoms. The molecule has 0 aliphatic heterocycles. The van der Waals surface area contributed by atoms with E-state index in [0.29, 0.717) is 25.5 Å². The Kier molecular flexibility index (Phi) is 8.05. The van der Waals surface area contributed by atoms with Crippen LogP contribution in [0.25, 0.3) is 0 Å². The van der Waals surface area contributed by atoms with Crippen LogP contribution in [0.5, 0.6) is 0 Å². The Hall–Kier alpha value is -2.82. The molecule has 0 fully saturated rings. The molecule has 0 unspecified atom stereocenters. The first kappa shape index (κ1) is 21.5. The van der Waals surface area contributed by atoms with Gasteiger partial charge in [0.1, 0.15) is 0 Å². The molecule has 2 aromatic rings. The first-order valence-corrected chi connectivity index (χ1v) is 9.70. The quantitative estimate of drug-likeness (QED) is 0.546. The topological polar surface area (TPSA) is 56.7 Å². The number of carbonyl (C=O) groups excluding carboxylic acids is 1. The molecule has 0 atom stereocenters. The van der Waals surface area contributed by atoms with Gasteiger partial charge in [-0.15, -0.1) is 0 Å². The van der Waals surface area contributed by atoms with Crippen LogP contribution >= 0.6 is 0 Å². The van der Waals surface area contributed by atoms with Crippen LogP contribution in [0.3, 0.4) is 0 Å². The number of hydrogen-bond donors (Lipinski definition) is 2. The lowest BCUT2D eigenvalue weighted by molar-refractivity contribution is -0.130. The van der Waals surface area contributed by atoms with E-state index in [0.717, 1.165) is 12.1 Å². The summed E-state index contributed by atoms with van der Waals surface area (Å²) in [7, 11) is 3.58. The molecule has 2 aromatic carbocycles. The number of hydrogen-bond acceptors (Lipinski definition) is 2. The van der Waals surface area contributed by atoms with Crippen molar-refractivity contribution in [3.05, 3.63) is 71.8 Å². The molecule has 0 saturated carbocycles. The summed E-state index contributed by atoms with van der Waals surface area (Å²) < 4.78 is 0. The maximum absolute atomic E-state index is 12.3. The fourth-order valence-electron chi connectivity index (χ4n) is 2.94. The number of nitrogens with zero attached hydrogens (tertiary/aromatic N) is 2. The van der Waals surface area contributed by atoms with Crippen LogP contribution in [-0.2, 0) is 16.8 Å². The number of rotatable bonds is 8. The maximum Gasteiger partial charge on any atom is 0.224 e. The highest BCUT2D eigenvalue weighted by Crippen LogP contribution is 2.21. The summed E-state index contributed by atoms with van der Waals surface area (Å²) in [5, 5.41) is 6.60. The molecule has 5 nitrogen and oxygen atoms in total. The molecule has 150 valence electrons. The average Bonchev–Trinajstić information content (AvgIpc) is 2.71. The Morgan fingerprint density at radius 2 is 1.61 bits per heavy atom. The van der Waals surface area contributed by atoms with E-state index in [-0.39, 0.29) is 11.3 Å². The molecule has 0 aliphatic carbocycles. The maximum atomic E-state index is 12.3. The second kappa shape index (κ2) is 10.5. The van der Waals surface area contributed by atoms with Gasteiger partial charge in [-0.1, -0.05) is 74.5 Å². The third kappa shape index (κ3) is 6.72. The van der Waals surface area contributed by atoms with Crippen molar-refractivity contribution in [2.75, 3.05) is 27.2 Å². The first-order valence-electron chi connectivity index (χ1n) is 9.70. The molecule has 2 N–H and O–H groups in total. The number of benzene rings is 2. The molecule has 0 aliphatic rings. The average molecular weight is 381 g/mol. The molecule has 0 heterocycles. The van der Waals surface area contributed by atoms with Crippen LogP contribution < -0.4 is 10.6 Å². The van der Waals surface area contributed by atoms with Gasteiger partial charge in [0.15, 0.2) is 5.96 Å². The van der Waals surface area contributed by atoms with E-state index in [2.05, 4.69) is 53.7 Å². The predicted octanol–water partition coefficient (Wildman–Crippen LogP) is 3.18. The lowest BCUT2D eigenvalue weighted by Crippen LogP contribution is -2.44. The predicted molar refractivity (Wildman–Crippen MR) is 116 cm³/mol. The summed E-state index contributed by atoms with van der Waals surface area (Å²) in [5.74, 6) is 0.818. The van der Waals surface area contributed by atoms with Gasteiger partial charge in [0, 0.05) is 45.6 Å². The summed E-state index contributed by atoms with van der Waals surface area (Å²) in [6.07, 6.45) is 0.423. The summed E-state index contributed by atoms with van der Waals surface area (Å²) in [5.41, 5.74) is 2.38. The van der Waals surface area contributed by atoms with Crippen molar-refractivity contribution in [1.82, 2.24) is 15.5 Å². The van der Waals surface area contributed by atoms with Gasteiger partial charge in [-0.05, 0) is 11.1 Å².